The third-order valence-electron chi connectivity index (χ3n) is 3.84. The highest BCUT2D eigenvalue weighted by atomic mass is 16.5. The van der Waals surface area contributed by atoms with Crippen molar-refractivity contribution in [1.82, 2.24) is 10.2 Å². The summed E-state index contributed by atoms with van der Waals surface area (Å²) in [7, 11) is 0. The summed E-state index contributed by atoms with van der Waals surface area (Å²) >= 11 is 0. The number of ether oxygens (including phenoxy) is 1. The summed E-state index contributed by atoms with van der Waals surface area (Å²) in [6, 6.07) is 4.06. The van der Waals surface area contributed by atoms with Crippen LogP contribution in [-0.2, 0) is 16.0 Å². The van der Waals surface area contributed by atoms with Crippen molar-refractivity contribution in [2.75, 3.05) is 19.6 Å². The molecule has 1 aromatic rings. The normalized spacial score (nSPS) is 24.7. The van der Waals surface area contributed by atoms with Crippen molar-refractivity contribution in [3.63, 3.8) is 0 Å². The molecule has 1 amide bonds. The zero-order chi connectivity index (χ0) is 15.2. The van der Waals surface area contributed by atoms with E-state index in [2.05, 4.69) is 31.0 Å². The summed E-state index contributed by atoms with van der Waals surface area (Å²) in [4.78, 5) is 14.2. The molecular weight excluding hydrogens is 268 g/mol. The topological polar surface area (TPSA) is 54.7 Å². The van der Waals surface area contributed by atoms with Crippen LogP contribution in [-0.4, -0.2) is 48.7 Å². The van der Waals surface area contributed by atoms with Gasteiger partial charge in [0.15, 0.2) is 0 Å². The molecule has 2 heterocycles. The van der Waals surface area contributed by atoms with Crippen LogP contribution in [0, 0.1) is 0 Å². The van der Waals surface area contributed by atoms with E-state index in [4.69, 9.17) is 9.15 Å². The van der Waals surface area contributed by atoms with Crippen molar-refractivity contribution in [2.24, 2.45) is 0 Å². The Morgan fingerprint density at radius 2 is 2.14 bits per heavy atom. The van der Waals surface area contributed by atoms with E-state index < -0.39 is 0 Å². The average molecular weight is 294 g/mol. The zero-order valence-corrected chi connectivity index (χ0v) is 13.2. The van der Waals surface area contributed by atoms with Gasteiger partial charge in [-0.1, -0.05) is 0 Å². The largest absolute Gasteiger partial charge is 0.469 e. The van der Waals surface area contributed by atoms with E-state index in [0.29, 0.717) is 25.4 Å². The van der Waals surface area contributed by atoms with Crippen LogP contribution in [0.4, 0.5) is 0 Å². The van der Waals surface area contributed by atoms with Gasteiger partial charge >= 0.3 is 0 Å². The number of amides is 1. The minimum atomic E-state index is 0.0765. The predicted molar refractivity (Wildman–Crippen MR) is 81.1 cm³/mol. The molecule has 21 heavy (non-hydrogen) atoms. The molecule has 0 radical (unpaired) electrons. The van der Waals surface area contributed by atoms with Gasteiger partial charge < -0.3 is 14.5 Å². The molecule has 0 saturated carbocycles. The number of nitrogens with zero attached hydrogens (tertiary/aromatic N) is 1. The number of hydrogen-bond donors (Lipinski definition) is 1. The molecule has 5 heteroatoms. The number of furan rings is 1. The lowest BCUT2D eigenvalue weighted by molar-refractivity contribution is -0.121. The number of hydrogen-bond acceptors (Lipinski definition) is 4. The fourth-order valence-corrected chi connectivity index (χ4v) is 2.75. The van der Waals surface area contributed by atoms with Gasteiger partial charge in [-0.15, -0.1) is 0 Å². The van der Waals surface area contributed by atoms with Gasteiger partial charge in [-0.05, 0) is 32.9 Å². The number of rotatable bonds is 6. The lowest BCUT2D eigenvalue weighted by atomic mass is 10.1. The summed E-state index contributed by atoms with van der Waals surface area (Å²) < 4.78 is 11.0. The van der Waals surface area contributed by atoms with E-state index in [1.807, 2.05) is 12.1 Å². The number of nitrogens with one attached hydrogen (secondary N) is 1. The maximum Gasteiger partial charge on any atom is 0.220 e. The monoisotopic (exact) mass is 294 g/mol. The fraction of sp³-hybridized carbons (Fsp3) is 0.688. The molecule has 1 saturated heterocycles. The molecule has 1 fully saturated rings. The van der Waals surface area contributed by atoms with E-state index in [1.54, 1.807) is 6.26 Å². The molecule has 1 N–H and O–H groups in total. The van der Waals surface area contributed by atoms with Crippen LogP contribution in [0.2, 0.25) is 0 Å². The lowest BCUT2D eigenvalue weighted by Gasteiger charge is -2.39. The van der Waals surface area contributed by atoms with Crippen molar-refractivity contribution < 1.29 is 13.9 Å². The summed E-state index contributed by atoms with van der Waals surface area (Å²) in [5.74, 6) is 0.932. The molecule has 3 atom stereocenters. The van der Waals surface area contributed by atoms with Gasteiger partial charge in [0.25, 0.3) is 0 Å². The van der Waals surface area contributed by atoms with Crippen molar-refractivity contribution in [2.45, 2.75) is 51.9 Å². The fourth-order valence-electron chi connectivity index (χ4n) is 2.75. The summed E-state index contributed by atoms with van der Waals surface area (Å²) in [6.07, 6.45) is 3.27. The maximum atomic E-state index is 11.9. The van der Waals surface area contributed by atoms with E-state index in [9.17, 15) is 4.79 Å². The van der Waals surface area contributed by atoms with E-state index in [1.165, 1.54) is 0 Å². The Hall–Kier alpha value is -1.33. The molecule has 1 aliphatic heterocycles. The molecule has 1 aliphatic rings. The third-order valence-corrected chi connectivity index (χ3v) is 3.84. The first-order chi connectivity index (χ1) is 10.0. The average Bonchev–Trinajstić information content (AvgIpc) is 2.94. The van der Waals surface area contributed by atoms with Gasteiger partial charge in [-0.3, -0.25) is 9.69 Å². The van der Waals surface area contributed by atoms with Crippen LogP contribution in [0.1, 0.15) is 33.0 Å². The standard InChI is InChI=1S/C16H26N2O3/c1-12(18-10-13(2)21-14(3)11-18)9-17-16(19)7-6-15-5-4-8-20-15/h4-5,8,12-14H,6-7,9-11H2,1-3H3,(H,17,19)/t12-,13-,14-/m1/s1. The van der Waals surface area contributed by atoms with Gasteiger partial charge in [0.1, 0.15) is 5.76 Å². The highest BCUT2D eigenvalue weighted by Gasteiger charge is 2.25. The molecule has 0 aromatic carbocycles. The molecule has 5 nitrogen and oxygen atoms in total. The van der Waals surface area contributed by atoms with E-state index in [0.717, 1.165) is 18.8 Å². The lowest BCUT2D eigenvalue weighted by Crippen LogP contribution is -2.52. The Labute approximate surface area is 126 Å². The van der Waals surface area contributed by atoms with Gasteiger partial charge in [0, 0.05) is 38.5 Å². The van der Waals surface area contributed by atoms with Crippen molar-refractivity contribution >= 4 is 5.91 Å². The van der Waals surface area contributed by atoms with Gasteiger partial charge in [-0.2, -0.15) is 0 Å². The van der Waals surface area contributed by atoms with Crippen molar-refractivity contribution in [3.05, 3.63) is 24.2 Å². The Morgan fingerprint density at radius 1 is 1.43 bits per heavy atom. The molecule has 0 bridgehead atoms. The first-order valence-electron chi connectivity index (χ1n) is 7.73. The van der Waals surface area contributed by atoms with Gasteiger partial charge in [0.05, 0.1) is 18.5 Å². The second-order valence-electron chi connectivity index (χ2n) is 5.94. The highest BCUT2D eigenvalue weighted by Crippen LogP contribution is 2.13. The SMILES string of the molecule is C[C@@H]1CN([C@H](C)CNC(=O)CCc2ccco2)C[C@@H](C)O1. The minimum absolute atomic E-state index is 0.0765. The number of carbonyl (C=O) groups is 1. The van der Waals surface area contributed by atoms with Crippen LogP contribution >= 0.6 is 0 Å². The molecule has 0 aliphatic carbocycles. The Morgan fingerprint density at radius 3 is 2.76 bits per heavy atom. The summed E-state index contributed by atoms with van der Waals surface area (Å²) in [5, 5.41) is 3.01. The van der Waals surface area contributed by atoms with Crippen LogP contribution < -0.4 is 5.32 Å². The third kappa shape index (κ3) is 5.17. The summed E-state index contributed by atoms with van der Waals surface area (Å²) in [6.45, 7) is 8.87. The van der Waals surface area contributed by atoms with Crippen LogP contribution in [0.25, 0.3) is 0 Å². The van der Waals surface area contributed by atoms with Crippen molar-refractivity contribution in [3.8, 4) is 0 Å². The second-order valence-corrected chi connectivity index (χ2v) is 5.94. The van der Waals surface area contributed by atoms with Crippen LogP contribution in [0.5, 0.6) is 0 Å². The minimum Gasteiger partial charge on any atom is -0.469 e. The maximum absolute atomic E-state index is 11.9. The summed E-state index contributed by atoms with van der Waals surface area (Å²) in [5.41, 5.74) is 0. The first-order valence-corrected chi connectivity index (χ1v) is 7.73. The van der Waals surface area contributed by atoms with Gasteiger partial charge in [-0.25, -0.2) is 0 Å². The molecule has 118 valence electrons. The van der Waals surface area contributed by atoms with E-state index >= 15 is 0 Å². The second kappa shape index (κ2) is 7.61. The van der Waals surface area contributed by atoms with Crippen LogP contribution in [0.3, 0.4) is 0 Å². The van der Waals surface area contributed by atoms with Gasteiger partial charge in [0.2, 0.25) is 5.91 Å². The molecule has 0 spiro atoms. The van der Waals surface area contributed by atoms with Crippen LogP contribution in [0.15, 0.2) is 22.8 Å². The Kier molecular flexibility index (Phi) is 5.82. The Balaban J connectivity index is 1.68. The zero-order valence-electron chi connectivity index (χ0n) is 13.2. The quantitative estimate of drug-likeness (QED) is 0.869. The first kappa shape index (κ1) is 16.0. The number of carbonyl (C=O) groups excluding carboxylic acids is 1. The molecule has 0 unspecified atom stereocenters. The number of morpholine rings is 1. The highest BCUT2D eigenvalue weighted by molar-refractivity contribution is 5.76. The predicted octanol–water partition coefficient (Wildman–Crippen LogP) is 1.83. The number of aryl methyl sites for hydroxylation is 1. The Bertz CT molecular complexity index is 423. The molecule has 1 aromatic heterocycles. The molecular formula is C16H26N2O3. The molecule has 2 rings (SSSR count). The van der Waals surface area contributed by atoms with E-state index in [-0.39, 0.29) is 18.1 Å². The van der Waals surface area contributed by atoms with Crippen molar-refractivity contribution in [1.29, 1.82) is 0 Å². The smallest absolute Gasteiger partial charge is 0.220 e.